The molecule has 0 saturated carbocycles. The molecule has 0 unspecified atom stereocenters. The van der Waals surface area contributed by atoms with Crippen LogP contribution in [0.5, 0.6) is 0 Å². The average Bonchev–Trinajstić information content (AvgIpc) is 2.74. The van der Waals surface area contributed by atoms with Gasteiger partial charge in [0.2, 0.25) is 0 Å². The molecule has 0 saturated heterocycles. The van der Waals surface area contributed by atoms with Gasteiger partial charge in [0.05, 0.1) is 23.8 Å². The minimum Gasteiger partial charge on any atom is -0.318 e. The minimum absolute atomic E-state index is 0.0432. The molecule has 2 N–H and O–H groups in total. The van der Waals surface area contributed by atoms with Crippen LogP contribution in [0.2, 0.25) is 0 Å². The normalized spacial score (nSPS) is 11.7. The van der Waals surface area contributed by atoms with Crippen molar-refractivity contribution in [2.24, 2.45) is 0 Å². The van der Waals surface area contributed by atoms with E-state index in [0.717, 1.165) is 0 Å². The highest BCUT2D eigenvalue weighted by atomic mass is 19.4. The Balaban J connectivity index is 1.68. The Kier molecular flexibility index (Phi) is 6.14. The Morgan fingerprint density at radius 1 is 0.594 bits per heavy atom. The summed E-state index contributed by atoms with van der Waals surface area (Å²) in [5, 5.41) is 3.45. The van der Waals surface area contributed by atoms with Gasteiger partial charge in [0, 0.05) is 22.5 Å². The number of benzene rings is 2. The van der Waals surface area contributed by atoms with Crippen LogP contribution in [0.15, 0.2) is 60.9 Å². The molecule has 0 aliphatic heterocycles. The summed E-state index contributed by atoms with van der Waals surface area (Å²) in [5.74, 6) is -4.17. The summed E-state index contributed by atoms with van der Waals surface area (Å²) in [6, 6.07) is 10.9. The third kappa shape index (κ3) is 5.59. The zero-order chi connectivity index (χ0) is 23.5. The van der Waals surface area contributed by atoms with Crippen molar-refractivity contribution in [2.45, 2.75) is 12.4 Å². The van der Waals surface area contributed by atoms with Crippen molar-refractivity contribution < 1.29 is 35.9 Å². The highest BCUT2D eigenvalue weighted by Gasteiger charge is 2.39. The zero-order valence-corrected chi connectivity index (χ0v) is 15.8. The molecule has 0 bridgehead atoms. The standard InChI is InChI=1S/C20H12F6N4O2/c21-19(22,23)17(31)29-13-5-1-11(2-6-13)15-9-28-16(10-27-15)12-3-7-14(8-4-12)30-18(32)20(24,25)26/h1-10H,(H,29,31)(H,30,32). The van der Waals surface area contributed by atoms with Gasteiger partial charge in [-0.25, -0.2) is 0 Å². The fraction of sp³-hybridized carbons (Fsp3) is 0.100. The first-order valence-electron chi connectivity index (χ1n) is 8.73. The fourth-order valence-electron chi connectivity index (χ4n) is 2.48. The van der Waals surface area contributed by atoms with Gasteiger partial charge in [0.1, 0.15) is 0 Å². The molecule has 1 heterocycles. The van der Waals surface area contributed by atoms with Crippen LogP contribution in [0.1, 0.15) is 0 Å². The maximum Gasteiger partial charge on any atom is 0.471 e. The summed E-state index contributed by atoms with van der Waals surface area (Å²) >= 11 is 0. The van der Waals surface area contributed by atoms with E-state index < -0.39 is 24.2 Å². The van der Waals surface area contributed by atoms with E-state index in [9.17, 15) is 35.9 Å². The number of carbonyl (C=O) groups excluding carboxylic acids is 2. The lowest BCUT2D eigenvalue weighted by Gasteiger charge is -2.09. The SMILES string of the molecule is O=C(Nc1ccc(-c2cnc(-c3ccc(NC(=O)C(F)(F)F)cc3)cn2)cc1)C(F)(F)F. The number of hydrogen-bond donors (Lipinski definition) is 2. The van der Waals surface area contributed by atoms with E-state index in [1.54, 1.807) is 10.6 Å². The molecule has 12 heteroatoms. The van der Waals surface area contributed by atoms with E-state index in [1.165, 1.54) is 60.9 Å². The van der Waals surface area contributed by atoms with Gasteiger partial charge in [-0.05, 0) is 24.3 Å². The van der Waals surface area contributed by atoms with Crippen LogP contribution in [0, 0.1) is 0 Å². The van der Waals surface area contributed by atoms with Crippen molar-refractivity contribution in [1.29, 1.82) is 0 Å². The number of carbonyl (C=O) groups is 2. The highest BCUT2D eigenvalue weighted by molar-refractivity contribution is 5.95. The predicted molar refractivity (Wildman–Crippen MR) is 102 cm³/mol. The van der Waals surface area contributed by atoms with Crippen LogP contribution in [-0.2, 0) is 9.59 Å². The van der Waals surface area contributed by atoms with Gasteiger partial charge in [-0.2, -0.15) is 26.3 Å². The molecule has 2 amide bonds. The second-order valence-corrected chi connectivity index (χ2v) is 6.35. The topological polar surface area (TPSA) is 84.0 Å². The predicted octanol–water partition coefficient (Wildman–Crippen LogP) is 4.81. The first-order valence-corrected chi connectivity index (χ1v) is 8.73. The maximum absolute atomic E-state index is 12.3. The molecule has 6 nitrogen and oxygen atoms in total. The molecule has 0 radical (unpaired) electrons. The number of halogens is 6. The molecule has 1 aromatic heterocycles. The van der Waals surface area contributed by atoms with Crippen molar-refractivity contribution in [3.05, 3.63) is 60.9 Å². The van der Waals surface area contributed by atoms with E-state index in [4.69, 9.17) is 0 Å². The molecule has 0 spiro atoms. The first kappa shape index (κ1) is 22.7. The third-order valence-electron chi connectivity index (χ3n) is 4.04. The van der Waals surface area contributed by atoms with Gasteiger partial charge in [-0.3, -0.25) is 19.6 Å². The average molecular weight is 454 g/mol. The molecule has 0 aliphatic rings. The minimum atomic E-state index is -5.00. The number of anilines is 2. The number of aromatic nitrogens is 2. The van der Waals surface area contributed by atoms with E-state index in [2.05, 4.69) is 9.97 Å². The Labute approximate surface area is 176 Å². The zero-order valence-electron chi connectivity index (χ0n) is 15.8. The second kappa shape index (κ2) is 8.65. The van der Waals surface area contributed by atoms with Crippen LogP contribution in [0.3, 0.4) is 0 Å². The molecular weight excluding hydrogens is 442 g/mol. The molecule has 3 rings (SSSR count). The number of nitrogens with one attached hydrogen (secondary N) is 2. The fourth-order valence-corrected chi connectivity index (χ4v) is 2.48. The molecule has 0 atom stereocenters. The van der Waals surface area contributed by atoms with Crippen molar-refractivity contribution in [2.75, 3.05) is 10.6 Å². The van der Waals surface area contributed by atoms with Crippen LogP contribution in [0.25, 0.3) is 22.5 Å². The van der Waals surface area contributed by atoms with E-state index >= 15 is 0 Å². The molecule has 32 heavy (non-hydrogen) atoms. The summed E-state index contributed by atoms with van der Waals surface area (Å²) in [6.07, 6.45) is -7.19. The van der Waals surface area contributed by atoms with Crippen LogP contribution < -0.4 is 10.6 Å². The van der Waals surface area contributed by atoms with Crippen molar-refractivity contribution >= 4 is 23.2 Å². The number of amides is 2. The maximum atomic E-state index is 12.3. The third-order valence-corrected chi connectivity index (χ3v) is 4.04. The lowest BCUT2D eigenvalue weighted by atomic mass is 10.1. The second-order valence-electron chi connectivity index (χ2n) is 6.35. The van der Waals surface area contributed by atoms with Crippen LogP contribution in [-0.4, -0.2) is 34.1 Å². The Bertz CT molecular complexity index is 1020. The van der Waals surface area contributed by atoms with Crippen LogP contribution >= 0.6 is 0 Å². The molecule has 166 valence electrons. The number of alkyl halides is 6. The summed E-state index contributed by atoms with van der Waals surface area (Å²) < 4.78 is 73.7. The van der Waals surface area contributed by atoms with Gasteiger partial charge >= 0.3 is 24.2 Å². The Morgan fingerprint density at radius 2 is 0.906 bits per heavy atom. The largest absolute Gasteiger partial charge is 0.471 e. The van der Waals surface area contributed by atoms with Crippen molar-refractivity contribution in [1.82, 2.24) is 9.97 Å². The lowest BCUT2D eigenvalue weighted by molar-refractivity contribution is -0.167. The quantitative estimate of drug-likeness (QED) is 0.554. The van der Waals surface area contributed by atoms with Gasteiger partial charge in [-0.15, -0.1) is 0 Å². The van der Waals surface area contributed by atoms with Gasteiger partial charge < -0.3 is 10.6 Å². The first-order chi connectivity index (χ1) is 14.9. The Morgan fingerprint density at radius 3 is 1.16 bits per heavy atom. The number of hydrogen-bond acceptors (Lipinski definition) is 4. The molecule has 2 aromatic carbocycles. The van der Waals surface area contributed by atoms with Gasteiger partial charge in [0.15, 0.2) is 0 Å². The number of nitrogens with zero attached hydrogens (tertiary/aromatic N) is 2. The number of rotatable bonds is 4. The van der Waals surface area contributed by atoms with E-state index in [-0.39, 0.29) is 11.4 Å². The van der Waals surface area contributed by atoms with E-state index in [1.807, 2.05) is 0 Å². The van der Waals surface area contributed by atoms with Crippen molar-refractivity contribution in [3.8, 4) is 22.5 Å². The molecule has 0 aliphatic carbocycles. The lowest BCUT2D eigenvalue weighted by Crippen LogP contribution is -2.29. The van der Waals surface area contributed by atoms with Crippen molar-refractivity contribution in [3.63, 3.8) is 0 Å². The summed E-state index contributed by atoms with van der Waals surface area (Å²) in [6.45, 7) is 0. The monoisotopic (exact) mass is 454 g/mol. The van der Waals surface area contributed by atoms with Gasteiger partial charge in [0.25, 0.3) is 0 Å². The van der Waals surface area contributed by atoms with Crippen LogP contribution in [0.4, 0.5) is 37.7 Å². The van der Waals surface area contributed by atoms with Gasteiger partial charge in [-0.1, -0.05) is 24.3 Å². The molecule has 3 aromatic rings. The molecular formula is C20H12F6N4O2. The Hall–Kier alpha value is -3.96. The smallest absolute Gasteiger partial charge is 0.318 e. The summed E-state index contributed by atoms with van der Waals surface area (Å²) in [4.78, 5) is 30.3. The van der Waals surface area contributed by atoms with E-state index in [0.29, 0.717) is 22.5 Å². The highest BCUT2D eigenvalue weighted by Crippen LogP contribution is 2.25. The summed E-state index contributed by atoms with van der Waals surface area (Å²) in [7, 11) is 0. The summed E-state index contributed by atoms with van der Waals surface area (Å²) in [5.41, 5.74) is 1.77. The molecule has 0 fully saturated rings.